The van der Waals surface area contributed by atoms with Crippen LogP contribution in [0.5, 0.6) is 5.75 Å². The molecule has 0 aliphatic heterocycles. The molecule has 0 heterocycles. The number of nitrogens with one attached hydrogen (secondary N) is 2. The number of sulfonamides is 1. The molecule has 0 aromatic heterocycles. The number of anilines is 2. The Morgan fingerprint density at radius 3 is 2.10 bits per heavy atom. The molecular formula is C21H18BrClN2O4S. The van der Waals surface area contributed by atoms with Crippen LogP contribution in [0.15, 0.2) is 82.2 Å². The maximum absolute atomic E-state index is 12.5. The van der Waals surface area contributed by atoms with E-state index in [1.165, 1.54) is 24.3 Å². The van der Waals surface area contributed by atoms with Crippen molar-refractivity contribution in [2.75, 3.05) is 10.0 Å². The second-order valence-electron chi connectivity index (χ2n) is 6.34. The standard InChI is InChI=1S/C21H18BrClN2O4S/c1-14(29-19-10-4-16(23)5-11-19)21(26)24-17-8-12-20(13-9-17)30(27,28)25-18-6-2-15(22)3-7-18/h2-14,25H,1H3,(H,24,26)/t14-/m1/s1. The molecule has 0 unspecified atom stereocenters. The van der Waals surface area contributed by atoms with E-state index in [-0.39, 0.29) is 10.8 Å². The van der Waals surface area contributed by atoms with E-state index < -0.39 is 16.1 Å². The Bertz CT molecular complexity index is 1120. The van der Waals surface area contributed by atoms with Crippen LogP contribution < -0.4 is 14.8 Å². The van der Waals surface area contributed by atoms with E-state index in [2.05, 4.69) is 26.0 Å². The van der Waals surface area contributed by atoms with Gasteiger partial charge in [-0.2, -0.15) is 0 Å². The molecule has 9 heteroatoms. The Balaban J connectivity index is 1.62. The Morgan fingerprint density at radius 2 is 1.50 bits per heavy atom. The van der Waals surface area contributed by atoms with Crippen molar-refractivity contribution >= 4 is 54.8 Å². The van der Waals surface area contributed by atoms with Crippen molar-refractivity contribution in [3.8, 4) is 5.75 Å². The van der Waals surface area contributed by atoms with E-state index in [4.69, 9.17) is 16.3 Å². The number of hydrogen-bond acceptors (Lipinski definition) is 4. The second-order valence-corrected chi connectivity index (χ2v) is 9.37. The van der Waals surface area contributed by atoms with Gasteiger partial charge in [-0.3, -0.25) is 9.52 Å². The zero-order valence-corrected chi connectivity index (χ0v) is 19.0. The molecule has 0 aliphatic carbocycles. The lowest BCUT2D eigenvalue weighted by atomic mass is 10.3. The molecule has 3 aromatic carbocycles. The molecule has 3 rings (SSSR count). The molecule has 0 aliphatic rings. The molecule has 30 heavy (non-hydrogen) atoms. The van der Waals surface area contributed by atoms with Gasteiger partial charge >= 0.3 is 0 Å². The summed E-state index contributed by atoms with van der Waals surface area (Å²) in [5.41, 5.74) is 0.901. The van der Waals surface area contributed by atoms with Crippen molar-refractivity contribution < 1.29 is 17.9 Å². The molecule has 0 radical (unpaired) electrons. The first-order valence-electron chi connectivity index (χ1n) is 8.84. The fourth-order valence-corrected chi connectivity index (χ4v) is 3.91. The number of amides is 1. The number of carbonyl (C=O) groups is 1. The third-order valence-corrected chi connectivity index (χ3v) is 6.20. The molecule has 6 nitrogen and oxygen atoms in total. The minimum absolute atomic E-state index is 0.0777. The monoisotopic (exact) mass is 508 g/mol. The molecule has 0 fully saturated rings. The van der Waals surface area contributed by atoms with Crippen LogP contribution in [0.25, 0.3) is 0 Å². The minimum Gasteiger partial charge on any atom is -0.481 e. The summed E-state index contributed by atoms with van der Waals surface area (Å²) in [4.78, 5) is 12.4. The fourth-order valence-electron chi connectivity index (χ4n) is 2.46. The van der Waals surface area contributed by atoms with Crippen LogP contribution in [-0.4, -0.2) is 20.4 Å². The van der Waals surface area contributed by atoms with Crippen LogP contribution in [0.2, 0.25) is 5.02 Å². The Kier molecular flexibility index (Phi) is 7.02. The van der Waals surface area contributed by atoms with Crippen molar-refractivity contribution in [2.24, 2.45) is 0 Å². The molecule has 3 aromatic rings. The van der Waals surface area contributed by atoms with Crippen molar-refractivity contribution in [3.63, 3.8) is 0 Å². The van der Waals surface area contributed by atoms with Gasteiger partial charge in [0.1, 0.15) is 5.75 Å². The lowest BCUT2D eigenvalue weighted by Crippen LogP contribution is -2.30. The van der Waals surface area contributed by atoms with Gasteiger partial charge in [0.05, 0.1) is 4.90 Å². The van der Waals surface area contributed by atoms with Crippen LogP contribution in [0, 0.1) is 0 Å². The predicted octanol–water partition coefficient (Wildman–Crippen LogP) is 5.31. The number of ether oxygens (including phenoxy) is 1. The molecule has 156 valence electrons. The maximum Gasteiger partial charge on any atom is 0.265 e. The van der Waals surface area contributed by atoms with Crippen LogP contribution in [-0.2, 0) is 14.8 Å². The summed E-state index contributed by atoms with van der Waals surface area (Å²) in [5, 5.41) is 3.27. The molecule has 0 spiro atoms. The van der Waals surface area contributed by atoms with Crippen LogP contribution in [0.4, 0.5) is 11.4 Å². The zero-order valence-electron chi connectivity index (χ0n) is 15.8. The van der Waals surface area contributed by atoms with E-state index in [9.17, 15) is 13.2 Å². The lowest BCUT2D eigenvalue weighted by Gasteiger charge is -2.15. The third kappa shape index (κ3) is 5.98. The molecule has 2 N–H and O–H groups in total. The fraction of sp³-hybridized carbons (Fsp3) is 0.0952. The van der Waals surface area contributed by atoms with Crippen LogP contribution in [0.3, 0.4) is 0 Å². The van der Waals surface area contributed by atoms with Gasteiger partial charge in [0.2, 0.25) is 0 Å². The first-order valence-corrected chi connectivity index (χ1v) is 11.5. The molecule has 1 atom stereocenters. The summed E-state index contributed by atoms with van der Waals surface area (Å²) in [6.45, 7) is 1.62. The van der Waals surface area contributed by atoms with Gasteiger partial charge < -0.3 is 10.1 Å². The zero-order chi connectivity index (χ0) is 21.7. The number of benzene rings is 3. The van der Waals surface area contributed by atoms with Gasteiger partial charge in [0.25, 0.3) is 15.9 Å². The first-order chi connectivity index (χ1) is 14.2. The Labute approximate surface area is 188 Å². The van der Waals surface area contributed by atoms with Crippen molar-refractivity contribution in [2.45, 2.75) is 17.9 Å². The number of hydrogen-bond donors (Lipinski definition) is 2. The summed E-state index contributed by atoms with van der Waals surface area (Å²) in [6, 6.07) is 19.3. The average molecular weight is 510 g/mol. The molecule has 0 saturated heterocycles. The van der Waals surface area contributed by atoms with Gasteiger partial charge in [-0.1, -0.05) is 27.5 Å². The number of halogens is 2. The highest BCUT2D eigenvalue weighted by Crippen LogP contribution is 2.21. The second kappa shape index (κ2) is 9.51. The molecule has 1 amide bonds. The summed E-state index contributed by atoms with van der Waals surface area (Å²) in [5.74, 6) is 0.149. The van der Waals surface area contributed by atoms with Gasteiger partial charge in [-0.15, -0.1) is 0 Å². The molecule has 0 bridgehead atoms. The predicted molar refractivity (Wildman–Crippen MR) is 122 cm³/mol. The smallest absolute Gasteiger partial charge is 0.265 e. The van der Waals surface area contributed by atoms with Crippen molar-refractivity contribution in [3.05, 3.63) is 82.3 Å². The molecule has 0 saturated carbocycles. The van der Waals surface area contributed by atoms with Gasteiger partial charge in [0, 0.05) is 20.9 Å². The highest BCUT2D eigenvalue weighted by Gasteiger charge is 2.17. The van der Waals surface area contributed by atoms with Crippen molar-refractivity contribution in [1.82, 2.24) is 0 Å². The van der Waals surface area contributed by atoms with Gasteiger partial charge in [-0.25, -0.2) is 8.42 Å². The Hall–Kier alpha value is -2.55. The quantitative estimate of drug-likeness (QED) is 0.452. The summed E-state index contributed by atoms with van der Waals surface area (Å²) < 4.78 is 34.0. The van der Waals surface area contributed by atoms with E-state index in [0.29, 0.717) is 22.1 Å². The normalized spacial score (nSPS) is 12.1. The summed E-state index contributed by atoms with van der Waals surface area (Å²) in [7, 11) is -3.75. The van der Waals surface area contributed by atoms with E-state index in [0.717, 1.165) is 4.47 Å². The van der Waals surface area contributed by atoms with E-state index in [1.807, 2.05) is 0 Å². The number of carbonyl (C=O) groups excluding carboxylic acids is 1. The van der Waals surface area contributed by atoms with E-state index in [1.54, 1.807) is 55.5 Å². The van der Waals surface area contributed by atoms with Crippen LogP contribution >= 0.6 is 27.5 Å². The highest BCUT2D eigenvalue weighted by molar-refractivity contribution is 9.10. The lowest BCUT2D eigenvalue weighted by molar-refractivity contribution is -0.122. The molecular weight excluding hydrogens is 492 g/mol. The first kappa shape index (κ1) is 22.1. The minimum atomic E-state index is -3.75. The SMILES string of the molecule is C[C@@H](Oc1ccc(Cl)cc1)C(=O)Nc1ccc(S(=O)(=O)Nc2ccc(Br)cc2)cc1. The highest BCUT2D eigenvalue weighted by atomic mass is 79.9. The summed E-state index contributed by atoms with van der Waals surface area (Å²) in [6.07, 6.45) is -0.756. The summed E-state index contributed by atoms with van der Waals surface area (Å²) >= 11 is 9.13. The maximum atomic E-state index is 12.5. The van der Waals surface area contributed by atoms with Crippen molar-refractivity contribution in [1.29, 1.82) is 0 Å². The van der Waals surface area contributed by atoms with E-state index >= 15 is 0 Å². The van der Waals surface area contributed by atoms with Crippen LogP contribution in [0.1, 0.15) is 6.92 Å². The topological polar surface area (TPSA) is 84.5 Å². The Morgan fingerprint density at radius 1 is 0.933 bits per heavy atom. The average Bonchev–Trinajstić information content (AvgIpc) is 2.71. The third-order valence-electron chi connectivity index (χ3n) is 4.02. The number of rotatable bonds is 7. The van der Waals surface area contributed by atoms with Gasteiger partial charge in [0.15, 0.2) is 6.10 Å². The largest absolute Gasteiger partial charge is 0.481 e. The van der Waals surface area contributed by atoms with Gasteiger partial charge in [-0.05, 0) is 79.7 Å².